The minimum atomic E-state index is -4.34. The van der Waals surface area contributed by atoms with Crippen LogP contribution in [0.25, 0.3) is 0 Å². The SMILES string of the molecule is CCCc1[nH][nH]c(=O)c1Cc1ccc(C(F)(F)F)cc1. The lowest BCUT2D eigenvalue weighted by Gasteiger charge is -2.07. The Morgan fingerprint density at radius 1 is 1.10 bits per heavy atom. The van der Waals surface area contributed by atoms with E-state index in [-0.39, 0.29) is 5.56 Å². The molecular formula is C14H15F3N2O. The van der Waals surface area contributed by atoms with E-state index in [1.807, 2.05) is 6.92 Å². The van der Waals surface area contributed by atoms with Gasteiger partial charge in [-0.05, 0) is 24.1 Å². The highest BCUT2D eigenvalue weighted by molar-refractivity contribution is 5.30. The minimum Gasteiger partial charge on any atom is -0.302 e. The molecule has 0 atom stereocenters. The molecule has 1 heterocycles. The van der Waals surface area contributed by atoms with Gasteiger partial charge in [0.25, 0.3) is 5.56 Å². The van der Waals surface area contributed by atoms with Crippen molar-refractivity contribution in [2.75, 3.05) is 0 Å². The van der Waals surface area contributed by atoms with Gasteiger partial charge in [-0.25, -0.2) is 0 Å². The fourth-order valence-corrected chi connectivity index (χ4v) is 2.09. The highest BCUT2D eigenvalue weighted by Crippen LogP contribution is 2.29. The van der Waals surface area contributed by atoms with Gasteiger partial charge in [0, 0.05) is 17.7 Å². The molecule has 0 aliphatic heterocycles. The molecule has 0 radical (unpaired) electrons. The molecule has 0 spiro atoms. The van der Waals surface area contributed by atoms with Crippen LogP contribution in [0.3, 0.4) is 0 Å². The highest BCUT2D eigenvalue weighted by atomic mass is 19.4. The molecule has 0 unspecified atom stereocenters. The summed E-state index contributed by atoms with van der Waals surface area (Å²) in [7, 11) is 0. The molecule has 20 heavy (non-hydrogen) atoms. The molecule has 2 aromatic rings. The molecular weight excluding hydrogens is 269 g/mol. The normalized spacial score (nSPS) is 11.8. The van der Waals surface area contributed by atoms with Crippen molar-refractivity contribution in [2.24, 2.45) is 0 Å². The molecule has 0 bridgehead atoms. The third-order valence-corrected chi connectivity index (χ3v) is 3.13. The zero-order valence-electron chi connectivity index (χ0n) is 11.0. The Kier molecular flexibility index (Phi) is 4.01. The van der Waals surface area contributed by atoms with Gasteiger partial charge in [-0.1, -0.05) is 25.5 Å². The summed E-state index contributed by atoms with van der Waals surface area (Å²) in [6.45, 7) is 1.99. The summed E-state index contributed by atoms with van der Waals surface area (Å²) in [5, 5.41) is 5.33. The fourth-order valence-electron chi connectivity index (χ4n) is 2.09. The molecule has 3 nitrogen and oxygen atoms in total. The summed E-state index contributed by atoms with van der Waals surface area (Å²) in [5.41, 5.74) is 1.19. The molecule has 0 aliphatic rings. The number of halogens is 3. The number of H-pyrrole nitrogens is 2. The van der Waals surface area contributed by atoms with Gasteiger partial charge in [-0.3, -0.25) is 9.89 Å². The number of hydrogen-bond acceptors (Lipinski definition) is 1. The Morgan fingerprint density at radius 3 is 2.30 bits per heavy atom. The topological polar surface area (TPSA) is 48.6 Å². The first-order valence-electron chi connectivity index (χ1n) is 6.36. The van der Waals surface area contributed by atoms with Gasteiger partial charge in [0.05, 0.1) is 5.56 Å². The molecule has 2 N–H and O–H groups in total. The first kappa shape index (κ1) is 14.4. The number of rotatable bonds is 4. The van der Waals surface area contributed by atoms with E-state index in [1.165, 1.54) is 12.1 Å². The maximum absolute atomic E-state index is 12.5. The summed E-state index contributed by atoms with van der Waals surface area (Å²) >= 11 is 0. The van der Waals surface area contributed by atoms with E-state index in [9.17, 15) is 18.0 Å². The molecule has 6 heteroatoms. The van der Waals surface area contributed by atoms with E-state index in [0.29, 0.717) is 17.5 Å². The fraction of sp³-hybridized carbons (Fsp3) is 0.357. The maximum atomic E-state index is 12.5. The minimum absolute atomic E-state index is 0.214. The van der Waals surface area contributed by atoms with Crippen molar-refractivity contribution in [1.29, 1.82) is 0 Å². The number of hydrogen-bond donors (Lipinski definition) is 2. The van der Waals surface area contributed by atoms with Crippen LogP contribution in [0, 0.1) is 0 Å². The van der Waals surface area contributed by atoms with E-state index in [0.717, 1.165) is 30.7 Å². The number of nitrogens with one attached hydrogen (secondary N) is 2. The van der Waals surface area contributed by atoms with E-state index in [2.05, 4.69) is 10.2 Å². The predicted molar refractivity (Wildman–Crippen MR) is 69.7 cm³/mol. The van der Waals surface area contributed by atoms with E-state index < -0.39 is 11.7 Å². The molecule has 0 saturated heterocycles. The molecule has 0 saturated carbocycles. The third-order valence-electron chi connectivity index (χ3n) is 3.13. The quantitative estimate of drug-likeness (QED) is 0.889. The summed E-state index contributed by atoms with van der Waals surface area (Å²) in [6, 6.07) is 4.89. The summed E-state index contributed by atoms with van der Waals surface area (Å²) < 4.78 is 37.4. The van der Waals surface area contributed by atoms with Gasteiger partial charge in [0.15, 0.2) is 0 Å². The van der Waals surface area contributed by atoms with E-state index in [4.69, 9.17) is 0 Å². The lowest BCUT2D eigenvalue weighted by molar-refractivity contribution is -0.137. The van der Waals surface area contributed by atoms with Crippen LogP contribution in [0.1, 0.15) is 35.7 Å². The zero-order valence-corrected chi connectivity index (χ0v) is 11.0. The van der Waals surface area contributed by atoms with E-state index >= 15 is 0 Å². The first-order chi connectivity index (χ1) is 9.41. The smallest absolute Gasteiger partial charge is 0.302 e. The highest BCUT2D eigenvalue weighted by Gasteiger charge is 2.29. The van der Waals surface area contributed by atoms with Gasteiger partial charge in [0.1, 0.15) is 0 Å². The second-order valence-electron chi connectivity index (χ2n) is 4.66. The van der Waals surface area contributed by atoms with Crippen molar-refractivity contribution in [3.05, 3.63) is 57.0 Å². The summed E-state index contributed by atoms with van der Waals surface area (Å²) in [4.78, 5) is 11.7. The van der Waals surface area contributed by atoms with Crippen LogP contribution in [0.2, 0.25) is 0 Å². The van der Waals surface area contributed by atoms with E-state index in [1.54, 1.807) is 0 Å². The Hall–Kier alpha value is -1.98. The van der Waals surface area contributed by atoms with Crippen LogP contribution in [0.4, 0.5) is 13.2 Å². The third kappa shape index (κ3) is 3.12. The number of benzene rings is 1. The van der Waals surface area contributed by atoms with Gasteiger partial charge in [-0.15, -0.1) is 0 Å². The summed E-state index contributed by atoms with van der Waals surface area (Å²) in [6.07, 6.45) is -2.40. The standard InChI is InChI=1S/C14H15F3N2O/c1-2-3-12-11(13(20)19-18-12)8-9-4-6-10(7-5-9)14(15,16)17/h4-7H,2-3,8H2,1H3,(H2,18,19,20). The Bertz CT molecular complexity index is 623. The molecule has 108 valence electrons. The second-order valence-corrected chi connectivity index (χ2v) is 4.66. The lowest BCUT2D eigenvalue weighted by Crippen LogP contribution is -2.08. The van der Waals surface area contributed by atoms with Crippen molar-refractivity contribution in [2.45, 2.75) is 32.4 Å². The average Bonchev–Trinajstić information content (AvgIpc) is 2.72. The van der Waals surface area contributed by atoms with Crippen molar-refractivity contribution in [3.63, 3.8) is 0 Å². The van der Waals surface area contributed by atoms with Crippen molar-refractivity contribution in [3.8, 4) is 0 Å². The van der Waals surface area contributed by atoms with Gasteiger partial charge >= 0.3 is 6.18 Å². The molecule has 0 aliphatic carbocycles. The molecule has 1 aromatic heterocycles. The maximum Gasteiger partial charge on any atom is 0.416 e. The van der Waals surface area contributed by atoms with Crippen molar-refractivity contribution >= 4 is 0 Å². The van der Waals surface area contributed by atoms with Gasteiger partial charge in [0.2, 0.25) is 0 Å². The van der Waals surface area contributed by atoms with Crippen molar-refractivity contribution < 1.29 is 13.2 Å². The van der Waals surface area contributed by atoms with Crippen LogP contribution in [0.5, 0.6) is 0 Å². The Labute approximate surface area is 113 Å². The Balaban J connectivity index is 2.22. The van der Waals surface area contributed by atoms with Gasteiger partial charge in [-0.2, -0.15) is 13.2 Å². The van der Waals surface area contributed by atoms with Crippen LogP contribution < -0.4 is 5.56 Å². The molecule has 0 fully saturated rings. The summed E-state index contributed by atoms with van der Waals surface area (Å²) in [5.74, 6) is 0. The van der Waals surface area contributed by atoms with Crippen LogP contribution in [-0.4, -0.2) is 10.2 Å². The predicted octanol–water partition coefficient (Wildman–Crippen LogP) is 3.27. The number of alkyl halides is 3. The number of aromatic nitrogens is 2. The largest absolute Gasteiger partial charge is 0.416 e. The molecule has 2 rings (SSSR count). The average molecular weight is 284 g/mol. The Morgan fingerprint density at radius 2 is 1.75 bits per heavy atom. The second kappa shape index (κ2) is 5.56. The van der Waals surface area contributed by atoms with Crippen molar-refractivity contribution in [1.82, 2.24) is 10.2 Å². The van der Waals surface area contributed by atoms with Crippen LogP contribution >= 0.6 is 0 Å². The zero-order chi connectivity index (χ0) is 14.8. The lowest BCUT2D eigenvalue weighted by atomic mass is 10.0. The first-order valence-corrected chi connectivity index (χ1v) is 6.36. The number of aromatic amines is 2. The van der Waals surface area contributed by atoms with Crippen LogP contribution in [-0.2, 0) is 19.0 Å². The van der Waals surface area contributed by atoms with Crippen LogP contribution in [0.15, 0.2) is 29.1 Å². The molecule has 0 amide bonds. The number of aryl methyl sites for hydroxylation is 1. The monoisotopic (exact) mass is 284 g/mol. The molecule has 1 aromatic carbocycles. The van der Waals surface area contributed by atoms with Gasteiger partial charge < -0.3 is 5.10 Å².